The highest BCUT2D eigenvalue weighted by Gasteiger charge is 2.24. The third-order valence-corrected chi connectivity index (χ3v) is 6.84. The molecule has 0 aromatic carbocycles. The van der Waals surface area contributed by atoms with E-state index in [1.54, 1.807) is 6.08 Å². The Kier molecular flexibility index (Phi) is 10.0. The molecule has 26 heavy (non-hydrogen) atoms. The van der Waals surface area contributed by atoms with E-state index in [1.807, 2.05) is 6.08 Å². The van der Waals surface area contributed by atoms with Crippen LogP contribution in [0.25, 0.3) is 0 Å². The fraction of sp³-hybridized carbons (Fsp3) is 0.792. The second-order valence-electron chi connectivity index (χ2n) is 8.77. The lowest BCUT2D eigenvalue weighted by Gasteiger charge is -2.32. The van der Waals surface area contributed by atoms with E-state index in [0.29, 0.717) is 0 Å². The summed E-state index contributed by atoms with van der Waals surface area (Å²) in [6.07, 6.45) is 24.5. The van der Waals surface area contributed by atoms with Gasteiger partial charge in [-0.1, -0.05) is 96.1 Å². The van der Waals surface area contributed by atoms with Crippen molar-refractivity contribution in [3.63, 3.8) is 0 Å². The van der Waals surface area contributed by atoms with E-state index in [0.717, 1.165) is 30.1 Å². The van der Waals surface area contributed by atoms with E-state index < -0.39 is 5.83 Å². The normalized spacial score (nSPS) is 30.4. The van der Waals surface area contributed by atoms with Gasteiger partial charge in [0.15, 0.2) is 5.83 Å². The molecule has 146 valence electrons. The number of hydrogen-bond acceptors (Lipinski definition) is 1. The minimum Gasteiger partial charge on any atom is -0.195 e. The lowest BCUT2D eigenvalue weighted by molar-refractivity contribution is 0.210. The molecule has 0 spiro atoms. The molecule has 2 saturated carbocycles. The Bertz CT molecular complexity index is 471. The molecular weight excluding hydrogens is 321 g/mol. The third-order valence-electron chi connectivity index (χ3n) is 6.84. The summed E-state index contributed by atoms with van der Waals surface area (Å²) in [6.45, 7) is 2.32. The van der Waals surface area contributed by atoms with Gasteiger partial charge in [0.2, 0.25) is 0 Å². The fourth-order valence-electron chi connectivity index (χ4n) is 5.12. The van der Waals surface area contributed by atoms with Crippen molar-refractivity contribution >= 4 is 0 Å². The number of hydrogen-bond donors (Lipinski definition) is 0. The Balaban J connectivity index is 1.53. The molecule has 0 aromatic rings. The van der Waals surface area contributed by atoms with Crippen LogP contribution in [0, 0.1) is 35.0 Å². The zero-order valence-electron chi connectivity index (χ0n) is 16.8. The minimum atomic E-state index is -0.708. The van der Waals surface area contributed by atoms with Crippen LogP contribution in [0.3, 0.4) is 0 Å². The van der Waals surface area contributed by atoms with Crippen LogP contribution < -0.4 is 0 Å². The van der Waals surface area contributed by atoms with E-state index in [2.05, 4.69) is 6.92 Å². The summed E-state index contributed by atoms with van der Waals surface area (Å²) in [7, 11) is 0. The average molecular weight is 360 g/mol. The number of allylic oxidation sites excluding steroid dienone is 4. The fourth-order valence-corrected chi connectivity index (χ4v) is 5.12. The van der Waals surface area contributed by atoms with Gasteiger partial charge in [-0.15, -0.1) is 0 Å². The van der Waals surface area contributed by atoms with E-state index >= 15 is 0 Å². The van der Waals surface area contributed by atoms with Crippen LogP contribution >= 0.6 is 0 Å². The first-order valence-electron chi connectivity index (χ1n) is 11.1. The van der Waals surface area contributed by atoms with Crippen molar-refractivity contribution in [2.75, 3.05) is 0 Å². The molecule has 0 saturated heterocycles. The van der Waals surface area contributed by atoms with Gasteiger partial charge in [-0.3, -0.25) is 0 Å². The van der Waals surface area contributed by atoms with Crippen molar-refractivity contribution in [2.24, 2.45) is 23.7 Å². The predicted molar refractivity (Wildman–Crippen MR) is 108 cm³/mol. The van der Waals surface area contributed by atoms with Crippen LogP contribution in [0.2, 0.25) is 0 Å². The summed E-state index contributed by atoms with van der Waals surface area (Å²) >= 11 is 0. The highest BCUT2D eigenvalue weighted by molar-refractivity contribution is 5.18. The first kappa shape index (κ1) is 21.2. The van der Waals surface area contributed by atoms with Crippen LogP contribution in [0.5, 0.6) is 0 Å². The highest BCUT2D eigenvalue weighted by atomic mass is 19.1. The van der Waals surface area contributed by atoms with Crippen molar-refractivity contribution in [1.82, 2.24) is 0 Å². The standard InChI is InChI=1S/C24H38FN/c1-2-6-20-9-13-22(14-10-20)17-18-23-15-11-21(12-16-23)7-4-3-5-8-24(25)19-26/h3,5,8,20-23H,2,4,6-7,9-18H2,1H3/t20-,21?,22-,23?. The zero-order valence-corrected chi connectivity index (χ0v) is 16.8. The molecule has 2 rings (SSSR count). The van der Waals surface area contributed by atoms with E-state index in [4.69, 9.17) is 5.26 Å². The number of nitrogens with zero attached hydrogens (tertiary/aromatic N) is 1. The largest absolute Gasteiger partial charge is 0.199 e. The van der Waals surface area contributed by atoms with Crippen LogP contribution in [0.4, 0.5) is 4.39 Å². The number of halogens is 1. The van der Waals surface area contributed by atoms with Gasteiger partial charge < -0.3 is 0 Å². The number of nitriles is 1. The van der Waals surface area contributed by atoms with E-state index in [-0.39, 0.29) is 0 Å². The number of rotatable bonds is 9. The summed E-state index contributed by atoms with van der Waals surface area (Å²) in [5, 5.41) is 8.35. The van der Waals surface area contributed by atoms with Crippen molar-refractivity contribution in [3.8, 4) is 6.07 Å². The van der Waals surface area contributed by atoms with Crippen molar-refractivity contribution in [3.05, 3.63) is 24.1 Å². The summed E-state index contributed by atoms with van der Waals surface area (Å²) in [5.74, 6) is 3.18. The van der Waals surface area contributed by atoms with Gasteiger partial charge in [0, 0.05) is 0 Å². The van der Waals surface area contributed by atoms with Gasteiger partial charge in [-0.25, -0.2) is 0 Å². The summed E-state index contributed by atoms with van der Waals surface area (Å²) in [5.41, 5.74) is 0. The van der Waals surface area contributed by atoms with Gasteiger partial charge in [0.25, 0.3) is 0 Å². The predicted octanol–water partition coefficient (Wildman–Crippen LogP) is 7.89. The van der Waals surface area contributed by atoms with Crippen molar-refractivity contribution in [2.45, 2.75) is 96.8 Å². The second-order valence-corrected chi connectivity index (χ2v) is 8.77. The molecule has 0 aliphatic heterocycles. The molecule has 0 atom stereocenters. The molecule has 2 heteroatoms. The average Bonchev–Trinajstić information content (AvgIpc) is 2.68. The molecule has 2 aliphatic carbocycles. The highest BCUT2D eigenvalue weighted by Crippen LogP contribution is 2.38. The van der Waals surface area contributed by atoms with Crippen molar-refractivity contribution in [1.29, 1.82) is 5.26 Å². The Morgan fingerprint density at radius 3 is 1.77 bits per heavy atom. The molecule has 1 nitrogen and oxygen atoms in total. The van der Waals surface area contributed by atoms with Gasteiger partial charge in [-0.2, -0.15) is 9.65 Å². The second kappa shape index (κ2) is 12.3. The molecule has 0 unspecified atom stereocenters. The smallest absolute Gasteiger partial charge is 0.195 e. The molecule has 2 aliphatic rings. The summed E-state index contributed by atoms with van der Waals surface area (Å²) < 4.78 is 12.7. The first-order chi connectivity index (χ1) is 12.7. The monoisotopic (exact) mass is 359 g/mol. The van der Waals surface area contributed by atoms with E-state index in [9.17, 15) is 4.39 Å². The molecule has 2 fully saturated rings. The molecule has 0 aromatic heterocycles. The molecule has 0 amide bonds. The maximum Gasteiger partial charge on any atom is 0.199 e. The maximum absolute atomic E-state index is 12.7. The SMILES string of the molecule is CCC[C@H]1CC[C@H](CCC2CCC(CCC=CC=C(F)C#N)CC2)CC1. The first-order valence-corrected chi connectivity index (χ1v) is 11.1. The minimum absolute atomic E-state index is 0.708. The quantitative estimate of drug-likeness (QED) is 0.303. The van der Waals surface area contributed by atoms with Crippen LogP contribution in [0.15, 0.2) is 24.1 Å². The van der Waals surface area contributed by atoms with Gasteiger partial charge in [-0.05, 0) is 42.6 Å². The van der Waals surface area contributed by atoms with Gasteiger partial charge in [0.05, 0.1) is 0 Å². The third kappa shape index (κ3) is 8.07. The van der Waals surface area contributed by atoms with Crippen LogP contribution in [-0.4, -0.2) is 0 Å². The lowest BCUT2D eigenvalue weighted by Crippen LogP contribution is -2.18. The molecule has 0 heterocycles. The molecule has 0 N–H and O–H groups in total. The topological polar surface area (TPSA) is 23.8 Å². The van der Waals surface area contributed by atoms with Crippen molar-refractivity contribution < 1.29 is 4.39 Å². The Morgan fingerprint density at radius 1 is 0.846 bits per heavy atom. The summed E-state index contributed by atoms with van der Waals surface area (Å²) in [4.78, 5) is 0. The maximum atomic E-state index is 12.7. The Labute approximate surface area is 160 Å². The Hall–Kier alpha value is -1.10. The molecule has 0 bridgehead atoms. The summed E-state index contributed by atoms with van der Waals surface area (Å²) in [6, 6.07) is 1.50. The zero-order chi connectivity index (χ0) is 18.6. The lowest BCUT2D eigenvalue weighted by atomic mass is 9.74. The van der Waals surface area contributed by atoms with Crippen LogP contribution in [-0.2, 0) is 0 Å². The molecule has 0 radical (unpaired) electrons. The van der Waals surface area contributed by atoms with Gasteiger partial charge in [0.1, 0.15) is 6.07 Å². The van der Waals surface area contributed by atoms with Crippen LogP contribution in [0.1, 0.15) is 96.8 Å². The molecular formula is C24H38FN. The van der Waals surface area contributed by atoms with E-state index in [1.165, 1.54) is 95.6 Å². The van der Waals surface area contributed by atoms with Gasteiger partial charge >= 0.3 is 0 Å². The Morgan fingerprint density at radius 2 is 1.31 bits per heavy atom.